The van der Waals surface area contributed by atoms with Crippen LogP contribution in [0.4, 0.5) is 4.39 Å². The molecule has 7 heteroatoms. The Morgan fingerprint density at radius 2 is 1.88 bits per heavy atom. The third-order valence-corrected chi connectivity index (χ3v) is 4.05. The van der Waals surface area contributed by atoms with E-state index in [4.69, 9.17) is 4.74 Å². The van der Waals surface area contributed by atoms with E-state index in [0.29, 0.717) is 13.1 Å². The molecule has 2 amide bonds. The topological polar surface area (TPSA) is 75.7 Å². The summed E-state index contributed by atoms with van der Waals surface area (Å²) in [5, 5.41) is 2.35. The zero-order valence-electron chi connectivity index (χ0n) is 14.3. The van der Waals surface area contributed by atoms with Gasteiger partial charge in [0.05, 0.1) is 0 Å². The summed E-state index contributed by atoms with van der Waals surface area (Å²) < 4.78 is 18.2. The standard InChI is InChI=1S/C18H23FN2O4/c1-13(18(24)21-9-4-2-3-5-10-21)25-16(22)12-20-17(23)14-7-6-8-15(19)11-14/h6-8,11,13H,2-5,9-10,12H2,1H3,(H,20,23)/t13-/m0/s1. The molecule has 0 aromatic heterocycles. The van der Waals surface area contributed by atoms with Gasteiger partial charge >= 0.3 is 5.97 Å². The van der Waals surface area contributed by atoms with E-state index >= 15 is 0 Å². The first-order chi connectivity index (χ1) is 12.0. The van der Waals surface area contributed by atoms with E-state index in [1.165, 1.54) is 25.1 Å². The number of ether oxygens (including phenoxy) is 1. The molecular formula is C18H23FN2O4. The minimum Gasteiger partial charge on any atom is -0.451 e. The summed E-state index contributed by atoms with van der Waals surface area (Å²) in [6.45, 7) is 2.50. The van der Waals surface area contributed by atoms with Crippen LogP contribution in [0, 0.1) is 5.82 Å². The van der Waals surface area contributed by atoms with Crippen LogP contribution < -0.4 is 5.32 Å². The summed E-state index contributed by atoms with van der Waals surface area (Å²) in [6.07, 6.45) is 3.22. The molecule has 1 aromatic rings. The first-order valence-electron chi connectivity index (χ1n) is 8.49. The van der Waals surface area contributed by atoms with Crippen LogP contribution in [0.5, 0.6) is 0 Å². The number of likely N-dealkylation sites (tertiary alicyclic amines) is 1. The van der Waals surface area contributed by atoms with Gasteiger partial charge in [0.1, 0.15) is 12.4 Å². The summed E-state index contributed by atoms with van der Waals surface area (Å²) in [6, 6.07) is 5.15. The van der Waals surface area contributed by atoms with Gasteiger partial charge in [-0.2, -0.15) is 0 Å². The number of rotatable bonds is 5. The lowest BCUT2D eigenvalue weighted by Crippen LogP contribution is -2.42. The van der Waals surface area contributed by atoms with Gasteiger partial charge < -0.3 is 15.0 Å². The molecule has 0 bridgehead atoms. The SMILES string of the molecule is C[C@H](OC(=O)CNC(=O)c1cccc(F)c1)C(=O)N1CCCCCC1. The molecule has 1 N–H and O–H groups in total. The molecule has 2 rings (SSSR count). The fourth-order valence-corrected chi connectivity index (χ4v) is 2.72. The summed E-state index contributed by atoms with van der Waals surface area (Å²) in [4.78, 5) is 37.7. The van der Waals surface area contributed by atoms with E-state index < -0.39 is 23.8 Å². The lowest BCUT2D eigenvalue weighted by molar-refractivity contribution is -0.158. The highest BCUT2D eigenvalue weighted by atomic mass is 19.1. The van der Waals surface area contributed by atoms with Gasteiger partial charge in [-0.15, -0.1) is 0 Å². The number of esters is 1. The zero-order chi connectivity index (χ0) is 18.2. The van der Waals surface area contributed by atoms with Gasteiger partial charge in [-0.3, -0.25) is 14.4 Å². The molecule has 1 fully saturated rings. The molecule has 0 spiro atoms. The number of nitrogens with one attached hydrogen (secondary N) is 1. The molecular weight excluding hydrogens is 327 g/mol. The second-order valence-electron chi connectivity index (χ2n) is 6.06. The molecule has 136 valence electrons. The number of hydrogen-bond donors (Lipinski definition) is 1. The number of nitrogens with zero attached hydrogens (tertiary/aromatic N) is 1. The maximum atomic E-state index is 13.1. The normalized spacial score (nSPS) is 15.8. The number of halogens is 1. The van der Waals surface area contributed by atoms with E-state index in [2.05, 4.69) is 5.32 Å². The third kappa shape index (κ3) is 5.85. The fourth-order valence-electron chi connectivity index (χ4n) is 2.72. The Hall–Kier alpha value is -2.44. The van der Waals surface area contributed by atoms with Crippen LogP contribution in [0.3, 0.4) is 0 Å². The van der Waals surface area contributed by atoms with Crippen molar-refractivity contribution in [1.29, 1.82) is 0 Å². The highest BCUT2D eigenvalue weighted by Gasteiger charge is 2.24. The van der Waals surface area contributed by atoms with Gasteiger partial charge in [0.25, 0.3) is 11.8 Å². The first-order valence-corrected chi connectivity index (χ1v) is 8.49. The molecule has 0 unspecified atom stereocenters. The maximum Gasteiger partial charge on any atom is 0.326 e. The number of hydrogen-bond acceptors (Lipinski definition) is 4. The van der Waals surface area contributed by atoms with Crippen molar-refractivity contribution in [2.75, 3.05) is 19.6 Å². The van der Waals surface area contributed by atoms with E-state index in [0.717, 1.165) is 31.7 Å². The van der Waals surface area contributed by atoms with E-state index in [1.807, 2.05) is 0 Å². The van der Waals surface area contributed by atoms with Crippen molar-refractivity contribution < 1.29 is 23.5 Å². The van der Waals surface area contributed by atoms with Crippen molar-refractivity contribution in [3.05, 3.63) is 35.6 Å². The third-order valence-electron chi connectivity index (χ3n) is 4.05. The van der Waals surface area contributed by atoms with Crippen molar-refractivity contribution in [2.24, 2.45) is 0 Å². The van der Waals surface area contributed by atoms with Crippen LogP contribution in [0.2, 0.25) is 0 Å². The highest BCUT2D eigenvalue weighted by molar-refractivity contribution is 5.96. The number of amides is 2. The van der Waals surface area contributed by atoms with E-state index in [1.54, 1.807) is 4.90 Å². The van der Waals surface area contributed by atoms with Crippen LogP contribution in [0.15, 0.2) is 24.3 Å². The van der Waals surface area contributed by atoms with E-state index in [9.17, 15) is 18.8 Å². The van der Waals surface area contributed by atoms with Crippen LogP contribution in [-0.2, 0) is 14.3 Å². The van der Waals surface area contributed by atoms with Gasteiger partial charge in [-0.1, -0.05) is 18.9 Å². The maximum absolute atomic E-state index is 13.1. The van der Waals surface area contributed by atoms with Gasteiger partial charge in [0, 0.05) is 18.7 Å². The van der Waals surface area contributed by atoms with Gasteiger partial charge in [0.2, 0.25) is 0 Å². The first kappa shape index (κ1) is 18.9. The van der Waals surface area contributed by atoms with Crippen molar-refractivity contribution in [3.8, 4) is 0 Å². The van der Waals surface area contributed by atoms with Crippen molar-refractivity contribution >= 4 is 17.8 Å². The molecule has 1 aliphatic heterocycles. The van der Waals surface area contributed by atoms with Crippen LogP contribution in [0.1, 0.15) is 43.0 Å². The smallest absolute Gasteiger partial charge is 0.326 e. The Bertz CT molecular complexity index is 627. The van der Waals surface area contributed by atoms with Gasteiger partial charge in [-0.25, -0.2) is 4.39 Å². The molecule has 1 aromatic carbocycles. The summed E-state index contributed by atoms with van der Waals surface area (Å²) in [5.41, 5.74) is 0.112. The minimum absolute atomic E-state index is 0.112. The highest BCUT2D eigenvalue weighted by Crippen LogP contribution is 2.11. The lowest BCUT2D eigenvalue weighted by atomic mass is 10.2. The zero-order valence-corrected chi connectivity index (χ0v) is 14.3. The predicted molar refractivity (Wildman–Crippen MR) is 89.3 cm³/mol. The quantitative estimate of drug-likeness (QED) is 0.823. The second-order valence-corrected chi connectivity index (χ2v) is 6.06. The molecule has 0 radical (unpaired) electrons. The average molecular weight is 350 g/mol. The Kier molecular flexibility index (Phi) is 6.91. The average Bonchev–Trinajstić information content (AvgIpc) is 2.88. The molecule has 1 atom stereocenters. The van der Waals surface area contributed by atoms with Gasteiger partial charge in [0.15, 0.2) is 6.10 Å². The Morgan fingerprint density at radius 3 is 2.52 bits per heavy atom. The number of carbonyl (C=O) groups is 3. The summed E-state index contributed by atoms with van der Waals surface area (Å²) >= 11 is 0. The molecule has 25 heavy (non-hydrogen) atoms. The van der Waals surface area contributed by atoms with Crippen LogP contribution in [-0.4, -0.2) is 48.4 Å². The molecule has 1 heterocycles. The Balaban J connectivity index is 1.78. The monoisotopic (exact) mass is 350 g/mol. The predicted octanol–water partition coefficient (Wildman–Crippen LogP) is 1.89. The van der Waals surface area contributed by atoms with Gasteiger partial charge in [-0.05, 0) is 38.0 Å². The number of benzene rings is 1. The Labute approximate surface area is 146 Å². The Morgan fingerprint density at radius 1 is 1.20 bits per heavy atom. The molecule has 1 aliphatic rings. The van der Waals surface area contributed by atoms with Crippen LogP contribution >= 0.6 is 0 Å². The van der Waals surface area contributed by atoms with Crippen molar-refractivity contribution in [1.82, 2.24) is 10.2 Å². The summed E-state index contributed by atoms with van der Waals surface area (Å²) in [7, 11) is 0. The number of carbonyl (C=O) groups excluding carboxylic acids is 3. The van der Waals surface area contributed by atoms with Crippen molar-refractivity contribution in [2.45, 2.75) is 38.7 Å². The van der Waals surface area contributed by atoms with E-state index in [-0.39, 0.29) is 18.0 Å². The molecule has 0 saturated carbocycles. The lowest BCUT2D eigenvalue weighted by Gasteiger charge is -2.24. The van der Waals surface area contributed by atoms with Crippen LogP contribution in [0.25, 0.3) is 0 Å². The summed E-state index contributed by atoms with van der Waals surface area (Å²) in [5.74, 6) is -2.04. The minimum atomic E-state index is -0.892. The fraction of sp³-hybridized carbons (Fsp3) is 0.500. The largest absolute Gasteiger partial charge is 0.451 e. The molecule has 6 nitrogen and oxygen atoms in total. The molecule has 1 saturated heterocycles. The second kappa shape index (κ2) is 9.15. The molecule has 0 aliphatic carbocycles. The van der Waals surface area contributed by atoms with Crippen molar-refractivity contribution in [3.63, 3.8) is 0 Å².